The van der Waals surface area contributed by atoms with Crippen LogP contribution in [0.1, 0.15) is 6.92 Å². The number of carbonyl (C=O) groups is 1. The van der Waals surface area contributed by atoms with Gasteiger partial charge in [0.15, 0.2) is 0 Å². The summed E-state index contributed by atoms with van der Waals surface area (Å²) >= 11 is 0. The summed E-state index contributed by atoms with van der Waals surface area (Å²) in [6.45, 7) is 1.57. The summed E-state index contributed by atoms with van der Waals surface area (Å²) in [4.78, 5) is 25.5. The molecular formula is C10H14N4O4. The van der Waals surface area contributed by atoms with E-state index in [-0.39, 0.29) is 23.3 Å². The van der Waals surface area contributed by atoms with Gasteiger partial charge in [0.25, 0.3) is 0 Å². The van der Waals surface area contributed by atoms with Crippen molar-refractivity contribution in [3.05, 3.63) is 22.2 Å². The number of methoxy groups -OCH3 is 1. The second-order valence-corrected chi connectivity index (χ2v) is 3.46. The maximum atomic E-state index is 11.3. The Bertz CT molecular complexity index is 463. The Kier molecular flexibility index (Phi) is 4.41. The zero-order chi connectivity index (χ0) is 13.7. The van der Waals surface area contributed by atoms with E-state index in [1.54, 1.807) is 6.92 Å². The average Bonchev–Trinajstić information content (AvgIpc) is 2.37. The van der Waals surface area contributed by atoms with Crippen molar-refractivity contribution in [1.29, 1.82) is 0 Å². The lowest BCUT2D eigenvalue weighted by Crippen LogP contribution is -2.35. The molecule has 1 aromatic rings. The van der Waals surface area contributed by atoms with Crippen LogP contribution in [0.5, 0.6) is 5.88 Å². The van der Waals surface area contributed by atoms with E-state index < -0.39 is 11.0 Å². The van der Waals surface area contributed by atoms with Gasteiger partial charge in [0.05, 0.1) is 12.0 Å². The van der Waals surface area contributed by atoms with Crippen molar-refractivity contribution < 1.29 is 14.5 Å². The number of aromatic nitrogens is 1. The molecule has 0 aliphatic heterocycles. The molecule has 1 atom stereocenters. The van der Waals surface area contributed by atoms with Crippen molar-refractivity contribution >= 4 is 17.4 Å². The Hall–Kier alpha value is -2.38. The van der Waals surface area contributed by atoms with E-state index in [2.05, 4.69) is 15.6 Å². The minimum Gasteiger partial charge on any atom is -0.481 e. The number of ether oxygens (including phenoxy) is 1. The largest absolute Gasteiger partial charge is 0.481 e. The van der Waals surface area contributed by atoms with Crippen molar-refractivity contribution in [2.45, 2.75) is 13.0 Å². The molecule has 1 unspecified atom stereocenters. The van der Waals surface area contributed by atoms with E-state index >= 15 is 0 Å². The summed E-state index contributed by atoms with van der Waals surface area (Å²) in [7, 11) is 2.88. The third-order valence-electron chi connectivity index (χ3n) is 2.25. The summed E-state index contributed by atoms with van der Waals surface area (Å²) in [5, 5.41) is 15.9. The molecule has 1 amide bonds. The van der Waals surface area contributed by atoms with Crippen LogP contribution in [0.4, 0.5) is 11.5 Å². The molecule has 0 aliphatic carbocycles. The van der Waals surface area contributed by atoms with Gasteiger partial charge in [-0.15, -0.1) is 0 Å². The Morgan fingerprint density at radius 1 is 1.56 bits per heavy atom. The van der Waals surface area contributed by atoms with Crippen molar-refractivity contribution in [3.63, 3.8) is 0 Å². The number of carbonyl (C=O) groups excluding carboxylic acids is 1. The lowest BCUT2D eigenvalue weighted by molar-refractivity contribution is -0.384. The Morgan fingerprint density at radius 2 is 2.22 bits per heavy atom. The van der Waals surface area contributed by atoms with Gasteiger partial charge in [-0.2, -0.15) is 4.98 Å². The van der Waals surface area contributed by atoms with Crippen LogP contribution in [-0.4, -0.2) is 36.0 Å². The maximum absolute atomic E-state index is 11.3. The van der Waals surface area contributed by atoms with Crippen molar-refractivity contribution in [2.24, 2.45) is 0 Å². The van der Waals surface area contributed by atoms with Crippen LogP contribution in [0.25, 0.3) is 0 Å². The SMILES string of the molecule is CNC(=O)C(C)Nc1nc(OC)ccc1[N+](=O)[O-]. The fraction of sp³-hybridized carbons (Fsp3) is 0.400. The predicted molar refractivity (Wildman–Crippen MR) is 64.6 cm³/mol. The summed E-state index contributed by atoms with van der Waals surface area (Å²) in [5.74, 6) is -0.0726. The normalized spacial score (nSPS) is 11.5. The van der Waals surface area contributed by atoms with Gasteiger partial charge >= 0.3 is 5.69 Å². The predicted octanol–water partition coefficient (Wildman–Crippen LogP) is 0.545. The van der Waals surface area contributed by atoms with Gasteiger partial charge in [-0.05, 0) is 6.92 Å². The number of pyridine rings is 1. The first kappa shape index (κ1) is 13.7. The number of rotatable bonds is 5. The summed E-state index contributed by atoms with van der Waals surface area (Å²) in [6.07, 6.45) is 0. The molecule has 8 heteroatoms. The summed E-state index contributed by atoms with van der Waals surface area (Å²) < 4.78 is 4.88. The fourth-order valence-corrected chi connectivity index (χ4v) is 1.29. The number of nitrogens with one attached hydrogen (secondary N) is 2. The highest BCUT2D eigenvalue weighted by atomic mass is 16.6. The highest BCUT2D eigenvalue weighted by Gasteiger charge is 2.20. The maximum Gasteiger partial charge on any atom is 0.311 e. The third kappa shape index (κ3) is 3.06. The van der Waals surface area contributed by atoms with E-state index in [0.29, 0.717) is 0 Å². The molecule has 0 aliphatic rings. The second-order valence-electron chi connectivity index (χ2n) is 3.46. The van der Waals surface area contributed by atoms with Crippen LogP contribution in [0.3, 0.4) is 0 Å². The number of amides is 1. The Balaban J connectivity index is 3.04. The second kappa shape index (κ2) is 5.80. The van der Waals surface area contributed by atoms with E-state index in [1.165, 1.54) is 26.3 Å². The number of hydrogen-bond donors (Lipinski definition) is 2. The van der Waals surface area contributed by atoms with Crippen LogP contribution >= 0.6 is 0 Å². The smallest absolute Gasteiger partial charge is 0.311 e. The lowest BCUT2D eigenvalue weighted by atomic mass is 10.3. The summed E-state index contributed by atoms with van der Waals surface area (Å²) in [5.41, 5.74) is -0.216. The molecule has 0 fully saturated rings. The first-order valence-electron chi connectivity index (χ1n) is 5.17. The molecule has 1 heterocycles. The van der Waals surface area contributed by atoms with Crippen LogP contribution < -0.4 is 15.4 Å². The van der Waals surface area contributed by atoms with Gasteiger partial charge in [0.2, 0.25) is 17.6 Å². The van der Waals surface area contributed by atoms with Crippen LogP contribution in [0.15, 0.2) is 12.1 Å². The molecule has 0 spiro atoms. The van der Waals surface area contributed by atoms with Crippen LogP contribution in [0, 0.1) is 10.1 Å². The van der Waals surface area contributed by atoms with Gasteiger partial charge in [0, 0.05) is 19.2 Å². The average molecular weight is 254 g/mol. The van der Waals surface area contributed by atoms with Gasteiger partial charge in [-0.1, -0.05) is 0 Å². The minimum atomic E-state index is -0.645. The molecule has 18 heavy (non-hydrogen) atoms. The van der Waals surface area contributed by atoms with E-state index in [4.69, 9.17) is 4.74 Å². The fourth-order valence-electron chi connectivity index (χ4n) is 1.29. The number of likely N-dealkylation sites (N-methyl/N-ethyl adjacent to an activating group) is 1. The van der Waals surface area contributed by atoms with E-state index in [9.17, 15) is 14.9 Å². The zero-order valence-corrected chi connectivity index (χ0v) is 10.3. The molecule has 2 N–H and O–H groups in total. The molecule has 1 aromatic heterocycles. The van der Waals surface area contributed by atoms with Gasteiger partial charge < -0.3 is 15.4 Å². The zero-order valence-electron chi connectivity index (χ0n) is 10.3. The van der Waals surface area contributed by atoms with Crippen molar-refractivity contribution in [1.82, 2.24) is 10.3 Å². The highest BCUT2D eigenvalue weighted by molar-refractivity contribution is 5.84. The third-order valence-corrected chi connectivity index (χ3v) is 2.25. The molecule has 98 valence electrons. The molecule has 1 rings (SSSR count). The van der Waals surface area contributed by atoms with Gasteiger partial charge in [-0.3, -0.25) is 14.9 Å². The Morgan fingerprint density at radius 3 is 2.72 bits per heavy atom. The van der Waals surface area contributed by atoms with E-state index in [1.807, 2.05) is 0 Å². The Labute approximate surface area is 104 Å². The van der Waals surface area contributed by atoms with Crippen LogP contribution in [-0.2, 0) is 4.79 Å². The first-order chi connectivity index (χ1) is 8.49. The molecule has 0 bridgehead atoms. The quantitative estimate of drug-likeness (QED) is 0.587. The molecule has 0 saturated carbocycles. The topological polar surface area (TPSA) is 106 Å². The summed E-state index contributed by atoms with van der Waals surface area (Å²) in [6, 6.07) is 2.01. The first-order valence-corrected chi connectivity index (χ1v) is 5.17. The number of anilines is 1. The number of nitrogens with zero attached hydrogens (tertiary/aromatic N) is 2. The van der Waals surface area contributed by atoms with Crippen molar-refractivity contribution in [3.8, 4) is 5.88 Å². The molecular weight excluding hydrogens is 240 g/mol. The highest BCUT2D eigenvalue weighted by Crippen LogP contribution is 2.25. The lowest BCUT2D eigenvalue weighted by Gasteiger charge is -2.13. The minimum absolute atomic E-state index is 0.00421. The monoisotopic (exact) mass is 254 g/mol. The standard InChI is InChI=1S/C10H14N4O4/c1-6(10(15)11-2)12-9-7(14(16)17)4-5-8(13-9)18-3/h4-6H,1-3H3,(H,11,15)(H,12,13). The van der Waals surface area contributed by atoms with Crippen LogP contribution in [0.2, 0.25) is 0 Å². The number of nitro groups is 1. The molecule has 0 aromatic carbocycles. The van der Waals surface area contributed by atoms with E-state index in [0.717, 1.165) is 0 Å². The molecule has 0 radical (unpaired) electrons. The van der Waals surface area contributed by atoms with Crippen molar-refractivity contribution in [2.75, 3.05) is 19.5 Å². The molecule has 8 nitrogen and oxygen atoms in total. The number of hydrogen-bond acceptors (Lipinski definition) is 6. The van der Waals surface area contributed by atoms with Gasteiger partial charge in [-0.25, -0.2) is 0 Å². The van der Waals surface area contributed by atoms with Gasteiger partial charge in [0.1, 0.15) is 6.04 Å². The molecule has 0 saturated heterocycles.